The van der Waals surface area contributed by atoms with Crippen LogP contribution in [0.5, 0.6) is 0 Å². The maximum atomic E-state index is 12.3. The molecule has 0 amide bonds. The number of nitrogen functional groups attached to an aromatic ring is 1. The summed E-state index contributed by atoms with van der Waals surface area (Å²) in [5.74, 6) is 5.45. The third kappa shape index (κ3) is 4.17. The smallest absolute Gasteiger partial charge is 0.243 e. The van der Waals surface area contributed by atoms with Crippen LogP contribution in [0.25, 0.3) is 0 Å². The van der Waals surface area contributed by atoms with E-state index in [1.54, 1.807) is 25.3 Å². The van der Waals surface area contributed by atoms with Gasteiger partial charge in [-0.2, -0.15) is 0 Å². The number of nitrogens with one attached hydrogen (secondary N) is 2. The molecule has 0 saturated heterocycles. The van der Waals surface area contributed by atoms with Gasteiger partial charge < -0.3 is 10.2 Å². The molecule has 0 fully saturated rings. The third-order valence-electron chi connectivity index (χ3n) is 2.79. The van der Waals surface area contributed by atoms with Crippen LogP contribution in [-0.2, 0) is 14.8 Å². The first kappa shape index (κ1) is 15.9. The lowest BCUT2D eigenvalue weighted by Crippen LogP contribution is -2.41. The topological polar surface area (TPSA) is 93.4 Å². The number of anilines is 1. The van der Waals surface area contributed by atoms with Crippen molar-refractivity contribution in [2.75, 3.05) is 19.1 Å². The molecule has 0 aliphatic carbocycles. The van der Waals surface area contributed by atoms with Gasteiger partial charge >= 0.3 is 0 Å². The third-order valence-corrected chi connectivity index (χ3v) is 4.34. The Morgan fingerprint density at radius 1 is 1.32 bits per heavy atom. The summed E-state index contributed by atoms with van der Waals surface area (Å²) in [6.07, 6.45) is 0. The Balaban J connectivity index is 3.03. The fraction of sp³-hybridized carbons (Fsp3) is 0.500. The number of hydrogen-bond acceptors (Lipinski definition) is 5. The van der Waals surface area contributed by atoms with Gasteiger partial charge in [0, 0.05) is 13.2 Å². The van der Waals surface area contributed by atoms with E-state index in [2.05, 4.69) is 10.1 Å². The fourth-order valence-corrected chi connectivity index (χ4v) is 3.17. The fourth-order valence-electron chi connectivity index (χ4n) is 1.63. The minimum atomic E-state index is -3.64. The van der Waals surface area contributed by atoms with Gasteiger partial charge in [0.05, 0.1) is 12.3 Å². The van der Waals surface area contributed by atoms with Gasteiger partial charge in [-0.15, -0.1) is 0 Å². The van der Waals surface area contributed by atoms with Crippen LogP contribution >= 0.6 is 0 Å². The van der Waals surface area contributed by atoms with Crippen molar-refractivity contribution in [2.45, 2.75) is 24.8 Å². The van der Waals surface area contributed by atoms with Crippen molar-refractivity contribution in [3.8, 4) is 0 Å². The highest BCUT2D eigenvalue weighted by molar-refractivity contribution is 7.89. The number of hydrogen-bond donors (Lipinski definition) is 3. The van der Waals surface area contributed by atoms with Gasteiger partial charge in [0.15, 0.2) is 0 Å². The molecule has 1 rings (SSSR count). The lowest BCUT2D eigenvalue weighted by atomic mass is 10.1. The summed E-state index contributed by atoms with van der Waals surface area (Å²) in [7, 11) is -2.10. The second-order valence-electron chi connectivity index (χ2n) is 4.57. The van der Waals surface area contributed by atoms with Crippen LogP contribution in [0.2, 0.25) is 0 Å². The van der Waals surface area contributed by atoms with Crippen molar-refractivity contribution in [1.29, 1.82) is 0 Å². The Hall–Kier alpha value is -1.15. The second-order valence-corrected chi connectivity index (χ2v) is 6.25. The maximum Gasteiger partial charge on any atom is 0.243 e. The lowest BCUT2D eigenvalue weighted by Gasteiger charge is -2.22. The van der Waals surface area contributed by atoms with Crippen molar-refractivity contribution in [2.24, 2.45) is 11.8 Å². The van der Waals surface area contributed by atoms with Gasteiger partial charge in [-0.3, -0.25) is 5.84 Å². The second kappa shape index (κ2) is 6.85. The average molecular weight is 287 g/mol. The van der Waals surface area contributed by atoms with Gasteiger partial charge in [-0.05, 0) is 18.1 Å². The zero-order valence-corrected chi connectivity index (χ0v) is 12.2. The van der Waals surface area contributed by atoms with Crippen molar-refractivity contribution < 1.29 is 13.2 Å². The molecule has 4 N–H and O–H groups in total. The Morgan fingerprint density at radius 2 is 1.95 bits per heavy atom. The number of benzene rings is 1. The number of sulfonamides is 1. The van der Waals surface area contributed by atoms with E-state index in [-0.39, 0.29) is 16.9 Å². The molecule has 0 aliphatic heterocycles. The van der Waals surface area contributed by atoms with E-state index >= 15 is 0 Å². The molecule has 0 radical (unpaired) electrons. The zero-order chi connectivity index (χ0) is 14.5. The number of rotatable bonds is 7. The van der Waals surface area contributed by atoms with E-state index in [0.717, 1.165) is 0 Å². The van der Waals surface area contributed by atoms with Crippen LogP contribution in [0.1, 0.15) is 13.8 Å². The summed E-state index contributed by atoms with van der Waals surface area (Å²) in [6.45, 7) is 4.17. The first-order valence-electron chi connectivity index (χ1n) is 5.99. The monoisotopic (exact) mass is 287 g/mol. The number of ether oxygens (including phenoxy) is 1. The van der Waals surface area contributed by atoms with E-state index in [4.69, 9.17) is 10.6 Å². The zero-order valence-electron chi connectivity index (χ0n) is 11.4. The molecule has 6 nitrogen and oxygen atoms in total. The van der Waals surface area contributed by atoms with E-state index in [9.17, 15) is 8.42 Å². The van der Waals surface area contributed by atoms with E-state index in [1.165, 1.54) is 6.07 Å². The highest BCUT2D eigenvalue weighted by Gasteiger charge is 2.24. The summed E-state index contributed by atoms with van der Waals surface area (Å²) < 4.78 is 32.4. The Kier molecular flexibility index (Phi) is 5.74. The van der Waals surface area contributed by atoms with Crippen LogP contribution in [0.3, 0.4) is 0 Å². The minimum absolute atomic E-state index is 0.118. The molecule has 0 bridgehead atoms. The Bertz CT molecular complexity index is 503. The summed E-state index contributed by atoms with van der Waals surface area (Å²) in [6, 6.07) is 6.18. The predicted octanol–water partition coefficient (Wildman–Crippen LogP) is 0.921. The van der Waals surface area contributed by atoms with E-state index < -0.39 is 10.0 Å². The summed E-state index contributed by atoms with van der Waals surface area (Å²) in [5.41, 5.74) is 2.74. The normalized spacial score (nSPS) is 13.5. The number of nitrogens with two attached hydrogens (primary N) is 1. The number of hydrazine groups is 1. The molecule has 0 spiro atoms. The van der Waals surface area contributed by atoms with E-state index in [1.807, 2.05) is 13.8 Å². The molecule has 1 aromatic rings. The Labute approximate surface area is 114 Å². The van der Waals surface area contributed by atoms with Crippen LogP contribution in [-0.4, -0.2) is 28.2 Å². The molecule has 1 unspecified atom stereocenters. The van der Waals surface area contributed by atoms with Gasteiger partial charge in [0.2, 0.25) is 10.0 Å². The number of methoxy groups -OCH3 is 1. The number of para-hydroxylation sites is 1. The highest BCUT2D eigenvalue weighted by atomic mass is 32.2. The minimum Gasteiger partial charge on any atom is -0.383 e. The van der Waals surface area contributed by atoms with Crippen molar-refractivity contribution in [3.05, 3.63) is 24.3 Å². The van der Waals surface area contributed by atoms with Gasteiger partial charge in [0.1, 0.15) is 4.90 Å². The average Bonchev–Trinajstić information content (AvgIpc) is 2.38. The maximum absolute atomic E-state index is 12.3. The van der Waals surface area contributed by atoms with Gasteiger partial charge in [-0.25, -0.2) is 13.1 Å². The van der Waals surface area contributed by atoms with Crippen molar-refractivity contribution >= 4 is 15.7 Å². The van der Waals surface area contributed by atoms with Crippen LogP contribution in [0.15, 0.2) is 29.2 Å². The van der Waals surface area contributed by atoms with Gasteiger partial charge in [-0.1, -0.05) is 26.0 Å². The predicted molar refractivity (Wildman–Crippen MR) is 75.1 cm³/mol. The largest absolute Gasteiger partial charge is 0.383 e. The first-order chi connectivity index (χ1) is 8.92. The molecule has 1 atom stereocenters. The molecule has 108 valence electrons. The molecular weight excluding hydrogens is 266 g/mol. The summed E-state index contributed by atoms with van der Waals surface area (Å²) in [5, 5.41) is 0. The molecular formula is C12H21N3O3S. The highest BCUT2D eigenvalue weighted by Crippen LogP contribution is 2.20. The molecule has 19 heavy (non-hydrogen) atoms. The standard InChI is InChI=1S/C12H21N3O3S/c1-9(2)11(8-18-3)15-19(16,17)12-7-5-4-6-10(12)14-13/h4-7,9,11,14-15H,8,13H2,1-3H3. The quantitative estimate of drug-likeness (QED) is 0.512. The molecule has 0 aromatic heterocycles. The molecule has 0 heterocycles. The molecule has 1 aromatic carbocycles. The molecule has 0 aliphatic rings. The van der Waals surface area contributed by atoms with Crippen molar-refractivity contribution in [3.63, 3.8) is 0 Å². The van der Waals surface area contributed by atoms with Gasteiger partial charge in [0.25, 0.3) is 0 Å². The molecule has 0 saturated carbocycles. The Morgan fingerprint density at radius 3 is 2.47 bits per heavy atom. The molecule has 7 heteroatoms. The first-order valence-corrected chi connectivity index (χ1v) is 7.47. The van der Waals surface area contributed by atoms with Crippen LogP contribution < -0.4 is 16.0 Å². The van der Waals surface area contributed by atoms with Crippen LogP contribution in [0.4, 0.5) is 5.69 Å². The SMILES string of the molecule is COCC(NS(=O)(=O)c1ccccc1NN)C(C)C. The lowest BCUT2D eigenvalue weighted by molar-refractivity contribution is 0.157. The van der Waals surface area contributed by atoms with Crippen LogP contribution in [0, 0.1) is 5.92 Å². The summed E-state index contributed by atoms with van der Waals surface area (Å²) >= 11 is 0. The van der Waals surface area contributed by atoms with E-state index in [0.29, 0.717) is 12.3 Å². The van der Waals surface area contributed by atoms with Crippen molar-refractivity contribution in [1.82, 2.24) is 4.72 Å². The summed E-state index contributed by atoms with van der Waals surface area (Å²) in [4.78, 5) is 0.124.